The summed E-state index contributed by atoms with van der Waals surface area (Å²) in [6.07, 6.45) is 4.00. The van der Waals surface area contributed by atoms with Crippen molar-refractivity contribution in [2.75, 3.05) is 18.1 Å². The van der Waals surface area contributed by atoms with Crippen molar-refractivity contribution >= 4 is 38.5 Å². The maximum absolute atomic E-state index is 13.6. The number of sulfone groups is 1. The highest BCUT2D eigenvalue weighted by molar-refractivity contribution is 7.91. The van der Waals surface area contributed by atoms with E-state index in [1.165, 1.54) is 0 Å². The molecule has 0 bridgehead atoms. The maximum Gasteiger partial charge on any atom is 0.325 e. The van der Waals surface area contributed by atoms with E-state index >= 15 is 0 Å². The Morgan fingerprint density at radius 3 is 2.47 bits per heavy atom. The molecule has 5 rings (SSSR count). The second-order valence-corrected chi connectivity index (χ2v) is 12.0. The Morgan fingerprint density at radius 2 is 1.76 bits per heavy atom. The lowest BCUT2D eigenvalue weighted by Gasteiger charge is -2.35. The van der Waals surface area contributed by atoms with E-state index in [0.29, 0.717) is 12.0 Å². The molecule has 3 fully saturated rings. The molecule has 4 amide bonds. The van der Waals surface area contributed by atoms with Gasteiger partial charge < -0.3 is 10.2 Å². The zero-order valence-corrected chi connectivity index (χ0v) is 20.0. The second kappa shape index (κ2) is 8.37. The fourth-order valence-corrected chi connectivity index (χ4v) is 7.50. The molecule has 2 aliphatic heterocycles. The number of nitrogens with one attached hydrogen (secondary N) is 1. The molecular formula is C25H29N3O5S. The summed E-state index contributed by atoms with van der Waals surface area (Å²) >= 11 is 0. The van der Waals surface area contributed by atoms with E-state index in [1.54, 1.807) is 11.8 Å². The number of rotatable bonds is 5. The van der Waals surface area contributed by atoms with Crippen LogP contribution in [0.3, 0.4) is 0 Å². The van der Waals surface area contributed by atoms with Gasteiger partial charge in [-0.05, 0) is 42.5 Å². The molecule has 2 saturated heterocycles. The van der Waals surface area contributed by atoms with E-state index in [-0.39, 0.29) is 23.5 Å². The molecule has 0 aromatic heterocycles. The van der Waals surface area contributed by atoms with Gasteiger partial charge in [-0.2, -0.15) is 0 Å². The molecule has 2 heterocycles. The molecule has 0 unspecified atom stereocenters. The number of urea groups is 1. The lowest BCUT2D eigenvalue weighted by atomic mass is 9.88. The molecule has 1 N–H and O–H groups in total. The van der Waals surface area contributed by atoms with Gasteiger partial charge in [-0.3, -0.25) is 14.5 Å². The van der Waals surface area contributed by atoms with Crippen LogP contribution in [-0.4, -0.2) is 66.2 Å². The van der Waals surface area contributed by atoms with Crippen molar-refractivity contribution in [3.05, 3.63) is 48.0 Å². The second-order valence-electron chi connectivity index (χ2n) is 9.77. The molecule has 9 heteroatoms. The lowest BCUT2D eigenvalue weighted by Crippen LogP contribution is -2.51. The minimum atomic E-state index is -3.18. The van der Waals surface area contributed by atoms with Gasteiger partial charge in [-0.1, -0.05) is 55.3 Å². The molecule has 2 aromatic rings. The molecule has 2 atom stereocenters. The Kier molecular flexibility index (Phi) is 5.62. The van der Waals surface area contributed by atoms with Gasteiger partial charge in [0.25, 0.3) is 5.91 Å². The van der Waals surface area contributed by atoms with Crippen LogP contribution in [0.4, 0.5) is 4.79 Å². The topological polar surface area (TPSA) is 104 Å². The summed E-state index contributed by atoms with van der Waals surface area (Å²) in [7, 11) is -3.18. The molecule has 34 heavy (non-hydrogen) atoms. The number of benzene rings is 2. The van der Waals surface area contributed by atoms with Gasteiger partial charge in [0.05, 0.1) is 11.5 Å². The molecule has 180 valence electrons. The van der Waals surface area contributed by atoms with Crippen LogP contribution in [-0.2, 0) is 25.0 Å². The average Bonchev–Trinajstić information content (AvgIpc) is 3.50. The minimum Gasteiger partial charge on any atom is -0.334 e. The van der Waals surface area contributed by atoms with Gasteiger partial charge in [0, 0.05) is 12.1 Å². The van der Waals surface area contributed by atoms with Crippen molar-refractivity contribution in [3.63, 3.8) is 0 Å². The number of fused-ring (bicyclic) bond motifs is 1. The Morgan fingerprint density at radius 1 is 1.06 bits per heavy atom. The Labute approximate surface area is 199 Å². The van der Waals surface area contributed by atoms with Crippen molar-refractivity contribution in [2.45, 2.75) is 56.7 Å². The number of imide groups is 1. The van der Waals surface area contributed by atoms with Gasteiger partial charge >= 0.3 is 6.03 Å². The number of nitrogens with zero attached hydrogens (tertiary/aromatic N) is 2. The molecule has 1 aliphatic carbocycles. The molecule has 0 radical (unpaired) electrons. The summed E-state index contributed by atoms with van der Waals surface area (Å²) in [6.45, 7) is 1.27. The molecule has 1 saturated carbocycles. The third-order valence-corrected chi connectivity index (χ3v) is 9.25. The van der Waals surface area contributed by atoms with Crippen LogP contribution in [0, 0.1) is 0 Å². The summed E-state index contributed by atoms with van der Waals surface area (Å²) < 4.78 is 24.2. The first-order valence-electron chi connectivity index (χ1n) is 11.8. The van der Waals surface area contributed by atoms with E-state index < -0.39 is 39.9 Å². The van der Waals surface area contributed by atoms with Crippen molar-refractivity contribution in [1.29, 1.82) is 0 Å². The third kappa shape index (κ3) is 3.85. The van der Waals surface area contributed by atoms with Crippen LogP contribution >= 0.6 is 0 Å². The van der Waals surface area contributed by atoms with E-state index in [9.17, 15) is 22.8 Å². The van der Waals surface area contributed by atoms with Crippen LogP contribution in [0.1, 0.15) is 44.6 Å². The zero-order chi connectivity index (χ0) is 24.1. The van der Waals surface area contributed by atoms with Crippen molar-refractivity contribution in [3.8, 4) is 0 Å². The van der Waals surface area contributed by atoms with Crippen LogP contribution in [0.15, 0.2) is 42.5 Å². The van der Waals surface area contributed by atoms with Crippen LogP contribution < -0.4 is 5.32 Å². The largest absolute Gasteiger partial charge is 0.334 e. The zero-order valence-electron chi connectivity index (χ0n) is 19.2. The molecule has 3 aliphatic rings. The van der Waals surface area contributed by atoms with Crippen LogP contribution in [0.2, 0.25) is 0 Å². The summed E-state index contributed by atoms with van der Waals surface area (Å²) in [5.74, 6) is -0.827. The van der Waals surface area contributed by atoms with Crippen LogP contribution in [0.5, 0.6) is 0 Å². The number of hydrogen-bond acceptors (Lipinski definition) is 5. The highest BCUT2D eigenvalue weighted by Gasteiger charge is 2.51. The first-order valence-corrected chi connectivity index (χ1v) is 13.7. The molecule has 2 aromatic carbocycles. The third-order valence-electron chi connectivity index (χ3n) is 7.50. The van der Waals surface area contributed by atoms with E-state index in [1.807, 2.05) is 42.5 Å². The highest BCUT2D eigenvalue weighted by atomic mass is 32.2. The predicted molar refractivity (Wildman–Crippen MR) is 128 cm³/mol. The monoisotopic (exact) mass is 483 g/mol. The first-order chi connectivity index (χ1) is 16.2. The lowest BCUT2D eigenvalue weighted by molar-refractivity contribution is -0.141. The quantitative estimate of drug-likeness (QED) is 0.659. The molecular weight excluding hydrogens is 454 g/mol. The first kappa shape index (κ1) is 22.8. The fourth-order valence-electron chi connectivity index (χ4n) is 5.78. The number of carbonyl (C=O) groups excluding carboxylic acids is 3. The van der Waals surface area contributed by atoms with Gasteiger partial charge in [0.1, 0.15) is 12.1 Å². The van der Waals surface area contributed by atoms with Crippen molar-refractivity contribution in [2.24, 2.45) is 0 Å². The smallest absolute Gasteiger partial charge is 0.325 e. The normalized spacial score (nSPS) is 26.9. The van der Waals surface area contributed by atoms with Crippen molar-refractivity contribution < 1.29 is 22.8 Å². The van der Waals surface area contributed by atoms with Gasteiger partial charge in [-0.25, -0.2) is 13.2 Å². The highest BCUT2D eigenvalue weighted by Crippen LogP contribution is 2.35. The van der Waals surface area contributed by atoms with E-state index in [2.05, 4.69) is 5.32 Å². The minimum absolute atomic E-state index is 0.0454. The summed E-state index contributed by atoms with van der Waals surface area (Å²) in [5.41, 5.74) is -0.624. The predicted octanol–water partition coefficient (Wildman–Crippen LogP) is 2.57. The van der Waals surface area contributed by atoms with E-state index in [0.717, 1.165) is 41.4 Å². The molecule has 8 nitrogen and oxygen atoms in total. The Hall–Kier alpha value is -2.94. The van der Waals surface area contributed by atoms with Gasteiger partial charge in [0.2, 0.25) is 5.91 Å². The van der Waals surface area contributed by atoms with E-state index in [4.69, 9.17) is 0 Å². The van der Waals surface area contributed by atoms with Gasteiger partial charge in [0.15, 0.2) is 9.84 Å². The maximum atomic E-state index is 13.6. The number of hydrogen-bond donors (Lipinski definition) is 1. The standard InChI is InChI=1S/C25H29N3O5S/c1-25(21-12-6-8-17-7-2-5-11-20(17)21)23(30)27(24(31)26-25)15-22(29)28(18-9-3-4-10-18)19-13-14-34(32,33)16-19/h2,5-8,11-12,18-19H,3-4,9-10,13-16H2,1H3,(H,26,31)/t19-,25+/m1/s1. The summed E-state index contributed by atoms with van der Waals surface area (Å²) in [5, 5.41) is 4.62. The average molecular weight is 484 g/mol. The summed E-state index contributed by atoms with van der Waals surface area (Å²) in [4.78, 5) is 42.6. The Bertz CT molecular complexity index is 1270. The van der Waals surface area contributed by atoms with Crippen molar-refractivity contribution in [1.82, 2.24) is 15.1 Å². The van der Waals surface area contributed by atoms with Gasteiger partial charge in [-0.15, -0.1) is 0 Å². The summed E-state index contributed by atoms with van der Waals surface area (Å²) in [6, 6.07) is 12.2. The SMILES string of the molecule is C[C@@]1(c2cccc3ccccc23)NC(=O)N(CC(=O)N(C2CCCC2)[C@@H]2CCS(=O)(=O)C2)C1=O. The number of amides is 4. The number of carbonyl (C=O) groups is 3. The Balaban J connectivity index is 1.42. The van der Waals surface area contributed by atoms with Crippen LogP contribution in [0.25, 0.3) is 10.8 Å². The fraction of sp³-hybridized carbons (Fsp3) is 0.480. The molecule has 0 spiro atoms.